The fourth-order valence-electron chi connectivity index (χ4n) is 3.87. The molecule has 2 aliphatic rings. The molecule has 0 saturated carbocycles. The molecular formula is C20H25N5O2. The highest BCUT2D eigenvalue weighted by Crippen LogP contribution is 2.18. The van der Waals surface area contributed by atoms with Gasteiger partial charge in [-0.3, -0.25) is 14.5 Å². The van der Waals surface area contributed by atoms with Crippen molar-refractivity contribution < 1.29 is 4.79 Å². The number of nitrogens with one attached hydrogen (secondary N) is 1. The first-order valence-electron chi connectivity index (χ1n) is 9.57. The monoisotopic (exact) mass is 367 g/mol. The summed E-state index contributed by atoms with van der Waals surface area (Å²) >= 11 is 0. The molecule has 4 rings (SSSR count). The highest BCUT2D eigenvalue weighted by molar-refractivity contribution is 5.92. The molecule has 7 heteroatoms. The van der Waals surface area contributed by atoms with E-state index in [0.29, 0.717) is 18.3 Å². The molecule has 1 amide bonds. The molecule has 27 heavy (non-hydrogen) atoms. The van der Waals surface area contributed by atoms with Gasteiger partial charge < -0.3 is 10.2 Å². The van der Waals surface area contributed by atoms with Gasteiger partial charge in [-0.2, -0.15) is 5.10 Å². The molecule has 7 nitrogen and oxygen atoms in total. The fraction of sp³-hybridized carbons (Fsp3) is 0.450. The molecule has 1 atom stereocenters. The molecule has 0 radical (unpaired) electrons. The van der Waals surface area contributed by atoms with Crippen LogP contribution >= 0.6 is 0 Å². The van der Waals surface area contributed by atoms with Gasteiger partial charge in [-0.15, -0.1) is 0 Å². The SMILES string of the molecule is O=C(c1ccc(=O)n(Cc2ccccc2)n1)N1CCC(N2CCNCC2)C1. The molecule has 2 saturated heterocycles. The number of hydrogen-bond donors (Lipinski definition) is 1. The van der Waals surface area contributed by atoms with Crippen molar-refractivity contribution in [1.82, 2.24) is 24.9 Å². The Kier molecular flexibility index (Phi) is 5.31. The van der Waals surface area contributed by atoms with Crippen LogP contribution in [0.4, 0.5) is 0 Å². The average Bonchev–Trinajstić information content (AvgIpc) is 3.21. The summed E-state index contributed by atoms with van der Waals surface area (Å²) < 4.78 is 1.37. The predicted molar refractivity (Wildman–Crippen MR) is 103 cm³/mol. The second kappa shape index (κ2) is 8.02. The van der Waals surface area contributed by atoms with Gasteiger partial charge in [-0.25, -0.2) is 4.68 Å². The minimum absolute atomic E-state index is 0.0885. The smallest absolute Gasteiger partial charge is 0.274 e. The Hall–Kier alpha value is -2.51. The molecule has 1 unspecified atom stereocenters. The lowest BCUT2D eigenvalue weighted by molar-refractivity contribution is 0.0765. The number of hydrogen-bond acceptors (Lipinski definition) is 5. The number of carbonyl (C=O) groups is 1. The summed E-state index contributed by atoms with van der Waals surface area (Å²) in [6.45, 7) is 5.93. The van der Waals surface area contributed by atoms with Crippen LogP contribution < -0.4 is 10.9 Å². The third-order valence-electron chi connectivity index (χ3n) is 5.38. The standard InChI is InChI=1S/C20H25N5O2/c26-19-7-6-18(22-25(19)14-16-4-2-1-3-5-16)20(27)24-11-8-17(15-24)23-12-9-21-10-13-23/h1-7,17,21H,8-15H2. The van der Waals surface area contributed by atoms with Crippen molar-refractivity contribution >= 4 is 5.91 Å². The molecular weight excluding hydrogens is 342 g/mol. The number of piperazine rings is 1. The summed E-state index contributed by atoms with van der Waals surface area (Å²) in [5.41, 5.74) is 1.12. The molecule has 1 aromatic heterocycles. The number of benzene rings is 1. The zero-order valence-corrected chi connectivity index (χ0v) is 15.4. The summed E-state index contributed by atoms with van der Waals surface area (Å²) in [7, 11) is 0. The lowest BCUT2D eigenvalue weighted by Gasteiger charge is -2.32. The summed E-state index contributed by atoms with van der Waals surface area (Å²) in [6, 6.07) is 13.1. The first kappa shape index (κ1) is 17.9. The Morgan fingerprint density at radius 3 is 2.63 bits per heavy atom. The van der Waals surface area contributed by atoms with Crippen molar-refractivity contribution in [2.75, 3.05) is 39.3 Å². The van der Waals surface area contributed by atoms with Crippen molar-refractivity contribution in [1.29, 1.82) is 0 Å². The van der Waals surface area contributed by atoms with Gasteiger partial charge in [0.15, 0.2) is 0 Å². The molecule has 0 bridgehead atoms. The maximum absolute atomic E-state index is 12.9. The molecule has 2 fully saturated rings. The van der Waals surface area contributed by atoms with Crippen molar-refractivity contribution in [2.24, 2.45) is 0 Å². The largest absolute Gasteiger partial charge is 0.336 e. The van der Waals surface area contributed by atoms with E-state index >= 15 is 0 Å². The fourth-order valence-corrected chi connectivity index (χ4v) is 3.87. The Bertz CT molecular complexity index is 845. The lowest BCUT2D eigenvalue weighted by atomic mass is 10.2. The molecule has 0 spiro atoms. The normalized spacial score (nSPS) is 20.7. The Morgan fingerprint density at radius 1 is 1.07 bits per heavy atom. The third-order valence-corrected chi connectivity index (χ3v) is 5.38. The van der Waals surface area contributed by atoms with Gasteiger partial charge in [0.25, 0.3) is 11.5 Å². The van der Waals surface area contributed by atoms with E-state index in [2.05, 4.69) is 15.3 Å². The van der Waals surface area contributed by atoms with E-state index in [0.717, 1.165) is 51.3 Å². The maximum atomic E-state index is 12.9. The first-order valence-corrected chi connectivity index (χ1v) is 9.57. The van der Waals surface area contributed by atoms with E-state index in [9.17, 15) is 9.59 Å². The van der Waals surface area contributed by atoms with Crippen molar-refractivity contribution in [3.05, 3.63) is 64.1 Å². The molecule has 1 aromatic carbocycles. The number of rotatable bonds is 4. The molecule has 1 N–H and O–H groups in total. The van der Waals surface area contributed by atoms with E-state index in [-0.39, 0.29) is 11.5 Å². The van der Waals surface area contributed by atoms with Gasteiger partial charge >= 0.3 is 0 Å². The van der Waals surface area contributed by atoms with Gasteiger partial charge in [0.1, 0.15) is 5.69 Å². The summed E-state index contributed by atoms with van der Waals surface area (Å²) in [4.78, 5) is 29.4. The van der Waals surface area contributed by atoms with E-state index in [1.165, 1.54) is 10.7 Å². The van der Waals surface area contributed by atoms with E-state index < -0.39 is 0 Å². The lowest BCUT2D eigenvalue weighted by Crippen LogP contribution is -2.49. The van der Waals surface area contributed by atoms with E-state index in [1.54, 1.807) is 6.07 Å². The molecule has 142 valence electrons. The first-order chi connectivity index (χ1) is 13.2. The van der Waals surface area contributed by atoms with E-state index in [4.69, 9.17) is 0 Å². The van der Waals surface area contributed by atoms with Crippen LogP contribution in [0.15, 0.2) is 47.3 Å². The van der Waals surface area contributed by atoms with Gasteiger partial charge in [0.05, 0.1) is 6.54 Å². The van der Waals surface area contributed by atoms with Gasteiger partial charge in [-0.05, 0) is 18.1 Å². The topological polar surface area (TPSA) is 70.5 Å². The number of carbonyl (C=O) groups excluding carboxylic acids is 1. The molecule has 3 heterocycles. The Labute approximate surface area is 158 Å². The second-order valence-electron chi connectivity index (χ2n) is 7.18. The van der Waals surface area contributed by atoms with Crippen molar-refractivity contribution in [3.63, 3.8) is 0 Å². The van der Waals surface area contributed by atoms with Crippen LogP contribution in [-0.2, 0) is 6.54 Å². The highest BCUT2D eigenvalue weighted by Gasteiger charge is 2.32. The minimum Gasteiger partial charge on any atom is -0.336 e. The summed E-state index contributed by atoms with van der Waals surface area (Å²) in [5.74, 6) is -0.0885. The summed E-state index contributed by atoms with van der Waals surface area (Å²) in [5, 5.41) is 7.70. The number of aromatic nitrogens is 2. The molecule has 2 aromatic rings. The predicted octanol–water partition coefficient (Wildman–Crippen LogP) is 0.411. The number of likely N-dealkylation sites (tertiary alicyclic amines) is 1. The number of amides is 1. The van der Waals surface area contributed by atoms with Crippen molar-refractivity contribution in [2.45, 2.75) is 19.0 Å². The van der Waals surface area contributed by atoms with E-state index in [1.807, 2.05) is 35.2 Å². The Morgan fingerprint density at radius 2 is 1.85 bits per heavy atom. The van der Waals surface area contributed by atoms with Crippen LogP contribution in [0.2, 0.25) is 0 Å². The van der Waals surface area contributed by atoms with Crippen LogP contribution in [0.25, 0.3) is 0 Å². The Balaban J connectivity index is 1.46. The quantitative estimate of drug-likeness (QED) is 0.848. The molecule has 2 aliphatic heterocycles. The maximum Gasteiger partial charge on any atom is 0.274 e. The van der Waals surface area contributed by atoms with Gasteiger partial charge in [0, 0.05) is 51.4 Å². The highest BCUT2D eigenvalue weighted by atomic mass is 16.2. The van der Waals surface area contributed by atoms with Crippen LogP contribution in [0.5, 0.6) is 0 Å². The van der Waals surface area contributed by atoms with Crippen LogP contribution in [0.3, 0.4) is 0 Å². The number of nitrogens with zero attached hydrogens (tertiary/aromatic N) is 4. The average molecular weight is 367 g/mol. The van der Waals surface area contributed by atoms with Crippen molar-refractivity contribution in [3.8, 4) is 0 Å². The van der Waals surface area contributed by atoms with Crippen LogP contribution in [-0.4, -0.2) is 70.8 Å². The second-order valence-corrected chi connectivity index (χ2v) is 7.18. The van der Waals surface area contributed by atoms with Gasteiger partial charge in [0.2, 0.25) is 0 Å². The third kappa shape index (κ3) is 4.09. The summed E-state index contributed by atoms with van der Waals surface area (Å²) in [6.07, 6.45) is 0.995. The zero-order chi connectivity index (χ0) is 18.6. The van der Waals surface area contributed by atoms with Crippen LogP contribution in [0.1, 0.15) is 22.5 Å². The molecule has 0 aliphatic carbocycles. The van der Waals surface area contributed by atoms with Gasteiger partial charge in [-0.1, -0.05) is 30.3 Å². The van der Waals surface area contributed by atoms with Crippen LogP contribution in [0, 0.1) is 0 Å². The minimum atomic E-state index is -0.199. The zero-order valence-electron chi connectivity index (χ0n) is 15.4.